The zero-order valence-electron chi connectivity index (χ0n) is 12.2. The lowest BCUT2D eigenvalue weighted by atomic mass is 10.1. The molecule has 0 aromatic heterocycles. The Morgan fingerprint density at radius 2 is 1.95 bits per heavy atom. The summed E-state index contributed by atoms with van der Waals surface area (Å²) in [4.78, 5) is 11.8. The van der Waals surface area contributed by atoms with Crippen molar-refractivity contribution in [3.8, 4) is 0 Å². The minimum absolute atomic E-state index is 0.0713. The van der Waals surface area contributed by atoms with Crippen LogP contribution in [0.1, 0.15) is 16.7 Å². The molecule has 116 valence electrons. The Morgan fingerprint density at radius 3 is 2.64 bits per heavy atom. The third-order valence-corrected chi connectivity index (χ3v) is 4.46. The van der Waals surface area contributed by atoms with Crippen LogP contribution in [-0.2, 0) is 17.1 Å². The fourth-order valence-corrected chi connectivity index (χ4v) is 3.07. The number of nitrogens with one attached hydrogen (secondary N) is 1. The number of halogens is 2. The third kappa shape index (κ3) is 5.04. The van der Waals surface area contributed by atoms with Gasteiger partial charge >= 0.3 is 0 Å². The molecule has 0 atom stereocenters. The molecule has 22 heavy (non-hydrogen) atoms. The van der Waals surface area contributed by atoms with Crippen LogP contribution < -0.4 is 5.32 Å². The highest BCUT2D eigenvalue weighted by molar-refractivity contribution is 7.99. The van der Waals surface area contributed by atoms with E-state index in [1.165, 1.54) is 23.4 Å². The van der Waals surface area contributed by atoms with Gasteiger partial charge in [0.15, 0.2) is 0 Å². The molecule has 0 unspecified atom stereocenters. The molecule has 0 spiro atoms. The quantitative estimate of drug-likeness (QED) is 0.849. The molecule has 2 aromatic carbocycles. The minimum Gasteiger partial charge on any atom is -0.351 e. The van der Waals surface area contributed by atoms with Gasteiger partial charge in [-0.25, -0.2) is 4.39 Å². The van der Waals surface area contributed by atoms with E-state index >= 15 is 0 Å². The maximum absolute atomic E-state index is 13.6. The number of benzene rings is 2. The predicted molar refractivity (Wildman–Crippen MR) is 90.6 cm³/mol. The summed E-state index contributed by atoms with van der Waals surface area (Å²) in [5.41, 5.74) is 2.69. The van der Waals surface area contributed by atoms with Crippen LogP contribution in [0.15, 0.2) is 42.5 Å². The van der Waals surface area contributed by atoms with Gasteiger partial charge in [-0.2, -0.15) is 0 Å². The first-order chi connectivity index (χ1) is 10.6. The van der Waals surface area contributed by atoms with E-state index in [0.717, 1.165) is 5.56 Å². The largest absolute Gasteiger partial charge is 0.351 e. The summed E-state index contributed by atoms with van der Waals surface area (Å²) >= 11 is 7.29. The third-order valence-electron chi connectivity index (χ3n) is 3.15. The molecule has 0 saturated carbocycles. The highest BCUT2D eigenvalue weighted by atomic mass is 35.5. The van der Waals surface area contributed by atoms with Gasteiger partial charge in [-0.05, 0) is 24.6 Å². The van der Waals surface area contributed by atoms with Crippen molar-refractivity contribution < 1.29 is 9.18 Å². The molecule has 5 heteroatoms. The van der Waals surface area contributed by atoms with Crippen molar-refractivity contribution >= 4 is 29.3 Å². The lowest BCUT2D eigenvalue weighted by Crippen LogP contribution is -2.24. The van der Waals surface area contributed by atoms with Crippen molar-refractivity contribution in [3.05, 3.63) is 70.0 Å². The van der Waals surface area contributed by atoms with E-state index in [-0.39, 0.29) is 17.5 Å². The Morgan fingerprint density at radius 1 is 1.23 bits per heavy atom. The van der Waals surface area contributed by atoms with Crippen molar-refractivity contribution in [2.45, 2.75) is 19.2 Å². The van der Waals surface area contributed by atoms with E-state index in [1.54, 1.807) is 12.1 Å². The first-order valence-electron chi connectivity index (χ1n) is 6.89. The minimum atomic E-state index is -0.333. The molecule has 0 aliphatic rings. The molecule has 2 rings (SSSR count). The first-order valence-corrected chi connectivity index (χ1v) is 8.42. The molecule has 0 heterocycles. The molecule has 0 saturated heterocycles. The second kappa shape index (κ2) is 8.20. The van der Waals surface area contributed by atoms with Gasteiger partial charge in [-0.15, -0.1) is 11.8 Å². The maximum Gasteiger partial charge on any atom is 0.230 e. The topological polar surface area (TPSA) is 29.1 Å². The first kappa shape index (κ1) is 16.8. The molecule has 0 fully saturated rings. The predicted octanol–water partition coefficient (Wildman–Crippen LogP) is 4.34. The average molecular weight is 338 g/mol. The normalized spacial score (nSPS) is 10.5. The Balaban J connectivity index is 1.75. The van der Waals surface area contributed by atoms with Crippen LogP contribution >= 0.6 is 23.4 Å². The van der Waals surface area contributed by atoms with Gasteiger partial charge in [0.05, 0.1) is 5.75 Å². The monoisotopic (exact) mass is 337 g/mol. The molecule has 0 aliphatic heterocycles. The SMILES string of the molecule is Cc1ccc(CNC(=O)CSCc2c(F)cccc2Cl)cc1. The fraction of sp³-hybridized carbons (Fsp3) is 0.235. The highest BCUT2D eigenvalue weighted by Gasteiger charge is 2.08. The number of carbonyl (C=O) groups is 1. The summed E-state index contributed by atoms with van der Waals surface area (Å²) in [5.74, 6) is 0.248. The van der Waals surface area contributed by atoms with E-state index in [0.29, 0.717) is 22.9 Å². The summed E-state index contributed by atoms with van der Waals surface area (Å²) in [7, 11) is 0. The number of hydrogen-bond acceptors (Lipinski definition) is 2. The van der Waals surface area contributed by atoms with Gasteiger partial charge in [0.1, 0.15) is 5.82 Å². The maximum atomic E-state index is 13.6. The van der Waals surface area contributed by atoms with Gasteiger partial charge in [-0.3, -0.25) is 4.79 Å². The van der Waals surface area contributed by atoms with Crippen LogP contribution in [0.2, 0.25) is 5.02 Å². The van der Waals surface area contributed by atoms with Crippen molar-refractivity contribution in [2.75, 3.05) is 5.75 Å². The van der Waals surface area contributed by atoms with Gasteiger partial charge < -0.3 is 5.32 Å². The van der Waals surface area contributed by atoms with Crippen LogP contribution in [0.5, 0.6) is 0 Å². The summed E-state index contributed by atoms with van der Waals surface area (Å²) in [6.07, 6.45) is 0. The summed E-state index contributed by atoms with van der Waals surface area (Å²) in [5, 5.41) is 3.24. The standard InChI is InChI=1S/C17H17ClFNOS/c1-12-5-7-13(8-6-12)9-20-17(21)11-22-10-14-15(18)3-2-4-16(14)19/h2-8H,9-11H2,1H3,(H,20,21). The highest BCUT2D eigenvalue weighted by Crippen LogP contribution is 2.23. The Bertz CT molecular complexity index is 625. The van der Waals surface area contributed by atoms with Crippen molar-refractivity contribution in [3.63, 3.8) is 0 Å². The lowest BCUT2D eigenvalue weighted by Gasteiger charge is -2.07. The summed E-state index contributed by atoms with van der Waals surface area (Å²) in [6.45, 7) is 2.52. The van der Waals surface area contributed by atoms with Crippen LogP contribution in [0.3, 0.4) is 0 Å². The Labute approximate surface area is 139 Å². The van der Waals surface area contributed by atoms with E-state index < -0.39 is 0 Å². The van der Waals surface area contributed by atoms with Crippen molar-refractivity contribution in [1.82, 2.24) is 5.32 Å². The van der Waals surface area contributed by atoms with Crippen LogP contribution in [0.4, 0.5) is 4.39 Å². The number of thioether (sulfide) groups is 1. The van der Waals surface area contributed by atoms with E-state index in [4.69, 9.17) is 11.6 Å². The van der Waals surface area contributed by atoms with E-state index in [2.05, 4.69) is 5.32 Å². The zero-order valence-corrected chi connectivity index (χ0v) is 13.8. The number of hydrogen-bond donors (Lipinski definition) is 1. The number of carbonyl (C=O) groups excluding carboxylic acids is 1. The lowest BCUT2D eigenvalue weighted by molar-refractivity contribution is -0.118. The molecule has 2 nitrogen and oxygen atoms in total. The van der Waals surface area contributed by atoms with E-state index in [1.807, 2.05) is 31.2 Å². The van der Waals surface area contributed by atoms with Crippen molar-refractivity contribution in [1.29, 1.82) is 0 Å². The number of amides is 1. The van der Waals surface area contributed by atoms with Crippen LogP contribution in [-0.4, -0.2) is 11.7 Å². The summed E-state index contributed by atoms with van der Waals surface area (Å²) in [6, 6.07) is 12.6. The molecule has 2 aromatic rings. The average Bonchev–Trinajstić information content (AvgIpc) is 2.50. The van der Waals surface area contributed by atoms with Crippen LogP contribution in [0.25, 0.3) is 0 Å². The molecule has 0 aliphatic carbocycles. The second-order valence-electron chi connectivity index (χ2n) is 4.96. The Kier molecular flexibility index (Phi) is 6.28. The second-order valence-corrected chi connectivity index (χ2v) is 6.35. The summed E-state index contributed by atoms with van der Waals surface area (Å²) < 4.78 is 13.6. The van der Waals surface area contributed by atoms with Crippen LogP contribution in [0, 0.1) is 12.7 Å². The Hall–Kier alpha value is -1.52. The molecule has 1 amide bonds. The smallest absolute Gasteiger partial charge is 0.230 e. The molecular formula is C17H17ClFNOS. The molecular weight excluding hydrogens is 321 g/mol. The van der Waals surface area contributed by atoms with Gasteiger partial charge in [0.2, 0.25) is 5.91 Å². The van der Waals surface area contributed by atoms with Gasteiger partial charge in [-0.1, -0.05) is 47.5 Å². The van der Waals surface area contributed by atoms with Gasteiger partial charge in [0.25, 0.3) is 0 Å². The molecule has 0 radical (unpaired) electrons. The van der Waals surface area contributed by atoms with Crippen molar-refractivity contribution in [2.24, 2.45) is 0 Å². The molecule has 1 N–H and O–H groups in total. The van der Waals surface area contributed by atoms with E-state index in [9.17, 15) is 9.18 Å². The van der Waals surface area contributed by atoms with Gasteiger partial charge in [0, 0.05) is 22.9 Å². The zero-order chi connectivity index (χ0) is 15.9. The number of rotatable bonds is 6. The molecule has 0 bridgehead atoms. The number of aryl methyl sites for hydroxylation is 1. The fourth-order valence-electron chi connectivity index (χ4n) is 1.87.